The average molecular weight is 189 g/mol. The molecule has 0 unspecified atom stereocenters. The molecule has 0 aromatic rings. The van der Waals surface area contributed by atoms with Gasteiger partial charge in [0.1, 0.15) is 0 Å². The normalized spacial score (nSPS) is 16.6. The summed E-state index contributed by atoms with van der Waals surface area (Å²) in [5.41, 5.74) is 0. The third-order valence-electron chi connectivity index (χ3n) is 0.980. The molecular formula is C6H7NO4S. The van der Waals surface area contributed by atoms with Crippen LogP contribution in [0.1, 0.15) is 0 Å². The van der Waals surface area contributed by atoms with Gasteiger partial charge in [0.05, 0.1) is 0 Å². The molecule has 0 aromatic carbocycles. The summed E-state index contributed by atoms with van der Waals surface area (Å²) in [5.74, 6) is 0. The maximum absolute atomic E-state index is 10.2. The summed E-state index contributed by atoms with van der Waals surface area (Å²) < 4.78 is 32.8. The highest BCUT2D eigenvalue weighted by molar-refractivity contribution is 7.80. The molecule has 0 saturated heterocycles. The smallest absolute Gasteiger partial charge is 0.262 e. The van der Waals surface area contributed by atoms with E-state index in [0.29, 0.717) is 0 Å². The van der Waals surface area contributed by atoms with Gasteiger partial charge in [-0.25, -0.2) is 5.06 Å². The molecule has 0 spiro atoms. The van der Waals surface area contributed by atoms with Gasteiger partial charge >= 0.3 is 10.4 Å². The Morgan fingerprint density at radius 3 is 2.00 bits per heavy atom. The summed E-state index contributed by atoms with van der Waals surface area (Å²) in [6.45, 7) is 0. The van der Waals surface area contributed by atoms with Crippen molar-refractivity contribution in [2.75, 3.05) is 0 Å². The molecule has 0 radical (unpaired) electrons. The van der Waals surface area contributed by atoms with E-state index >= 15 is 0 Å². The summed E-state index contributed by atoms with van der Waals surface area (Å²) in [7, 11) is -4.44. The van der Waals surface area contributed by atoms with Crippen molar-refractivity contribution in [3.05, 3.63) is 36.7 Å². The van der Waals surface area contributed by atoms with Gasteiger partial charge < -0.3 is 0 Å². The summed E-state index contributed by atoms with van der Waals surface area (Å²) in [6, 6.07) is 0. The molecule has 1 heterocycles. The Bertz CT molecular complexity index is 311. The van der Waals surface area contributed by atoms with Crippen LogP contribution in [-0.4, -0.2) is 18.0 Å². The third kappa shape index (κ3) is 3.33. The largest absolute Gasteiger partial charge is 0.418 e. The van der Waals surface area contributed by atoms with Crippen LogP contribution in [-0.2, 0) is 14.7 Å². The van der Waals surface area contributed by atoms with Gasteiger partial charge in [-0.1, -0.05) is 12.2 Å². The maximum atomic E-state index is 10.2. The Hall–Kier alpha value is -1.11. The van der Waals surface area contributed by atoms with Gasteiger partial charge in [-0.2, -0.15) is 8.42 Å². The van der Waals surface area contributed by atoms with E-state index in [1.807, 2.05) is 0 Å². The highest BCUT2D eigenvalue weighted by Crippen LogP contribution is 2.01. The van der Waals surface area contributed by atoms with Crippen molar-refractivity contribution in [3.63, 3.8) is 0 Å². The van der Waals surface area contributed by atoms with Crippen molar-refractivity contribution < 1.29 is 17.3 Å². The fourth-order valence-corrected chi connectivity index (χ4v) is 0.922. The Morgan fingerprint density at radius 2 is 1.58 bits per heavy atom. The predicted molar refractivity (Wildman–Crippen MR) is 41.9 cm³/mol. The first kappa shape index (κ1) is 8.98. The van der Waals surface area contributed by atoms with Crippen LogP contribution in [0.5, 0.6) is 0 Å². The molecule has 1 N–H and O–H groups in total. The SMILES string of the molecule is O=S(=O)(O)ON1C=CC=CC=C1. The van der Waals surface area contributed by atoms with Gasteiger partial charge in [-0.05, 0) is 12.2 Å². The lowest BCUT2D eigenvalue weighted by Gasteiger charge is -2.09. The van der Waals surface area contributed by atoms with E-state index in [1.165, 1.54) is 12.4 Å². The summed E-state index contributed by atoms with van der Waals surface area (Å²) in [6.07, 6.45) is 9.17. The zero-order valence-electron chi connectivity index (χ0n) is 5.99. The quantitative estimate of drug-likeness (QED) is 0.645. The van der Waals surface area contributed by atoms with E-state index in [4.69, 9.17) is 4.55 Å². The highest BCUT2D eigenvalue weighted by atomic mass is 32.3. The van der Waals surface area contributed by atoms with Gasteiger partial charge in [0.2, 0.25) is 0 Å². The van der Waals surface area contributed by atoms with Crippen molar-refractivity contribution in [3.8, 4) is 0 Å². The summed E-state index contributed by atoms with van der Waals surface area (Å²) in [4.78, 5) is 0. The van der Waals surface area contributed by atoms with Crippen LogP contribution in [0.2, 0.25) is 0 Å². The van der Waals surface area contributed by atoms with Crippen LogP contribution >= 0.6 is 0 Å². The number of allylic oxidation sites excluding steroid dienone is 4. The summed E-state index contributed by atoms with van der Waals surface area (Å²) >= 11 is 0. The van der Waals surface area contributed by atoms with Gasteiger partial charge in [0, 0.05) is 12.4 Å². The number of hydrogen-bond donors (Lipinski definition) is 1. The van der Waals surface area contributed by atoms with E-state index in [0.717, 1.165) is 5.06 Å². The monoisotopic (exact) mass is 189 g/mol. The minimum atomic E-state index is -4.44. The molecular weight excluding hydrogens is 182 g/mol. The molecule has 0 atom stereocenters. The molecule has 1 rings (SSSR count). The van der Waals surface area contributed by atoms with Crippen molar-refractivity contribution >= 4 is 10.4 Å². The Labute approximate surface area is 70.2 Å². The Kier molecular flexibility index (Phi) is 2.64. The number of nitrogens with zero attached hydrogens (tertiary/aromatic N) is 1. The molecule has 5 nitrogen and oxygen atoms in total. The molecule has 0 amide bonds. The third-order valence-corrected chi connectivity index (χ3v) is 1.34. The van der Waals surface area contributed by atoms with Crippen LogP contribution in [0.4, 0.5) is 0 Å². The van der Waals surface area contributed by atoms with Gasteiger partial charge in [0.25, 0.3) is 0 Å². The van der Waals surface area contributed by atoms with Crippen molar-refractivity contribution in [2.45, 2.75) is 0 Å². The lowest BCUT2D eigenvalue weighted by atomic mass is 10.5. The number of rotatable bonds is 2. The fraction of sp³-hybridized carbons (Fsp3) is 0. The molecule has 0 saturated carbocycles. The zero-order chi connectivity index (χ0) is 9.03. The maximum Gasteiger partial charge on any atom is 0.418 e. The van der Waals surface area contributed by atoms with E-state index < -0.39 is 10.4 Å². The fourth-order valence-electron chi connectivity index (χ4n) is 0.605. The predicted octanol–water partition coefficient (Wildman–Crippen LogP) is 0.620. The Balaban J connectivity index is 2.66. The van der Waals surface area contributed by atoms with E-state index in [1.54, 1.807) is 24.3 Å². The topological polar surface area (TPSA) is 66.8 Å². The molecule has 66 valence electrons. The van der Waals surface area contributed by atoms with E-state index in [-0.39, 0.29) is 0 Å². The molecule has 0 aromatic heterocycles. The van der Waals surface area contributed by atoms with Gasteiger partial charge in [-0.3, -0.25) is 4.55 Å². The van der Waals surface area contributed by atoms with Crippen molar-refractivity contribution in [2.24, 2.45) is 0 Å². The lowest BCUT2D eigenvalue weighted by Crippen LogP contribution is -2.16. The van der Waals surface area contributed by atoms with Crippen LogP contribution < -0.4 is 0 Å². The van der Waals surface area contributed by atoms with Crippen LogP contribution in [0.25, 0.3) is 0 Å². The second-order valence-corrected chi connectivity index (χ2v) is 2.93. The van der Waals surface area contributed by atoms with Crippen LogP contribution in [0, 0.1) is 0 Å². The van der Waals surface area contributed by atoms with E-state index in [9.17, 15) is 8.42 Å². The second kappa shape index (κ2) is 3.53. The first-order chi connectivity index (χ1) is 5.58. The minimum Gasteiger partial charge on any atom is -0.262 e. The minimum absolute atomic E-state index is 0.870. The lowest BCUT2D eigenvalue weighted by molar-refractivity contribution is 0.0392. The zero-order valence-corrected chi connectivity index (χ0v) is 6.81. The molecule has 1 aliphatic rings. The molecule has 12 heavy (non-hydrogen) atoms. The Morgan fingerprint density at radius 1 is 1.08 bits per heavy atom. The van der Waals surface area contributed by atoms with Crippen molar-refractivity contribution in [1.29, 1.82) is 0 Å². The molecule has 0 bridgehead atoms. The van der Waals surface area contributed by atoms with Crippen LogP contribution in [0.3, 0.4) is 0 Å². The van der Waals surface area contributed by atoms with Gasteiger partial charge in [-0.15, -0.1) is 4.28 Å². The first-order valence-corrected chi connectivity index (χ1v) is 4.41. The average Bonchev–Trinajstić information content (AvgIpc) is 2.12. The number of hydroxylamine groups is 2. The first-order valence-electron chi connectivity index (χ1n) is 3.05. The van der Waals surface area contributed by atoms with E-state index in [2.05, 4.69) is 4.28 Å². The van der Waals surface area contributed by atoms with Crippen LogP contribution in [0.15, 0.2) is 36.7 Å². The molecule has 6 heteroatoms. The van der Waals surface area contributed by atoms with Crippen molar-refractivity contribution in [1.82, 2.24) is 5.06 Å². The highest BCUT2D eigenvalue weighted by Gasteiger charge is 2.08. The second-order valence-electron chi connectivity index (χ2n) is 1.93. The molecule has 0 aliphatic carbocycles. The molecule has 0 fully saturated rings. The number of hydrogen-bond acceptors (Lipinski definition) is 4. The van der Waals surface area contributed by atoms with Gasteiger partial charge in [0.15, 0.2) is 0 Å². The standard InChI is InChI=1S/C6H7NO4S/c8-12(9,10)11-7-5-3-1-2-4-6-7/h1-6H,(H,8,9,10). The summed E-state index contributed by atoms with van der Waals surface area (Å²) in [5, 5.41) is 0.870. The molecule has 1 aliphatic heterocycles.